The third-order valence-corrected chi connectivity index (χ3v) is 7.84. The molecule has 4 rings (SSSR count). The van der Waals surface area contributed by atoms with Crippen LogP contribution in [0.25, 0.3) is 0 Å². The molecule has 3 aliphatic heterocycles. The van der Waals surface area contributed by atoms with E-state index in [0.29, 0.717) is 29.3 Å². The number of alkyl carbamates (subject to hydrolysis) is 1. The van der Waals surface area contributed by atoms with Crippen LogP contribution < -0.4 is 15.0 Å². The van der Waals surface area contributed by atoms with E-state index in [4.69, 9.17) is 25.8 Å². The first-order valence-electron chi connectivity index (χ1n) is 12.3. The number of benzene rings is 1. The van der Waals surface area contributed by atoms with Gasteiger partial charge in [0.1, 0.15) is 22.6 Å². The molecule has 0 aromatic heterocycles. The molecule has 0 saturated carbocycles. The van der Waals surface area contributed by atoms with E-state index in [-0.39, 0.29) is 37.2 Å². The van der Waals surface area contributed by atoms with Gasteiger partial charge in [0.2, 0.25) is 5.91 Å². The number of allylic oxidation sites excluding steroid dienone is 3. The Morgan fingerprint density at radius 3 is 2.78 bits per heavy atom. The molecule has 1 aromatic carbocycles. The first-order valence-corrected chi connectivity index (χ1v) is 12.7. The molecule has 36 heavy (non-hydrogen) atoms. The van der Waals surface area contributed by atoms with E-state index in [9.17, 15) is 14.7 Å². The second kappa shape index (κ2) is 10.1. The molecule has 8 nitrogen and oxygen atoms in total. The molecule has 196 valence electrons. The van der Waals surface area contributed by atoms with E-state index < -0.39 is 23.5 Å². The Bertz CT molecular complexity index is 1100. The third kappa shape index (κ3) is 5.56. The quantitative estimate of drug-likeness (QED) is 0.530. The minimum absolute atomic E-state index is 0.0879. The van der Waals surface area contributed by atoms with E-state index in [1.165, 1.54) is 0 Å². The molecule has 2 saturated heterocycles. The fourth-order valence-electron chi connectivity index (χ4n) is 5.19. The summed E-state index contributed by atoms with van der Waals surface area (Å²) in [6.45, 7) is 5.92. The predicted octanol–water partition coefficient (Wildman–Crippen LogP) is 4.52. The van der Waals surface area contributed by atoms with Crippen LogP contribution in [0.3, 0.4) is 0 Å². The molecule has 3 aliphatic rings. The van der Waals surface area contributed by atoms with E-state index >= 15 is 0 Å². The number of amides is 2. The molecule has 5 atom stereocenters. The van der Waals surface area contributed by atoms with Gasteiger partial charge in [0.05, 0.1) is 24.5 Å². The summed E-state index contributed by atoms with van der Waals surface area (Å²) in [6.07, 6.45) is 6.20. The van der Waals surface area contributed by atoms with Crippen LogP contribution in [-0.2, 0) is 20.7 Å². The zero-order valence-electron chi connectivity index (χ0n) is 21.5. The molecular weight excluding hydrogens is 484 g/mol. The number of hydrogen-bond acceptors (Lipinski definition) is 6. The Morgan fingerprint density at radius 2 is 2.06 bits per heavy atom. The topological polar surface area (TPSA) is 101 Å². The number of carbonyl (C=O) groups is 2. The van der Waals surface area contributed by atoms with Gasteiger partial charge in [-0.1, -0.05) is 42.3 Å². The van der Waals surface area contributed by atoms with Crippen LogP contribution in [0.4, 0.5) is 10.5 Å². The summed E-state index contributed by atoms with van der Waals surface area (Å²) >= 11 is 6.59. The summed E-state index contributed by atoms with van der Waals surface area (Å²) in [4.78, 5) is 27.0. The van der Waals surface area contributed by atoms with Crippen LogP contribution in [0, 0.1) is 5.92 Å². The van der Waals surface area contributed by atoms with Gasteiger partial charge in [-0.2, -0.15) is 0 Å². The number of epoxide rings is 1. The lowest BCUT2D eigenvalue weighted by Crippen LogP contribution is -2.57. The first-order chi connectivity index (χ1) is 16.9. The summed E-state index contributed by atoms with van der Waals surface area (Å²) in [6, 6.07) is 3.79. The van der Waals surface area contributed by atoms with Gasteiger partial charge in [0.15, 0.2) is 0 Å². The number of methoxy groups -OCH3 is 1. The minimum atomic E-state index is -1.40. The number of halogens is 1. The average molecular weight is 519 g/mol. The second-order valence-corrected chi connectivity index (χ2v) is 10.8. The van der Waals surface area contributed by atoms with Gasteiger partial charge in [-0.05, 0) is 44.4 Å². The smallest absolute Gasteiger partial charge is 0.409 e. The third-order valence-electron chi connectivity index (χ3n) is 7.46. The molecule has 3 heterocycles. The van der Waals surface area contributed by atoms with Crippen LogP contribution in [0.1, 0.15) is 52.0 Å². The number of anilines is 1. The maximum absolute atomic E-state index is 13.2. The minimum Gasteiger partial charge on any atom is -0.495 e. The molecule has 0 radical (unpaired) electrons. The Labute approximate surface area is 217 Å². The maximum Gasteiger partial charge on any atom is 0.409 e. The van der Waals surface area contributed by atoms with Crippen molar-refractivity contribution in [2.45, 2.75) is 76.4 Å². The highest BCUT2D eigenvalue weighted by Gasteiger charge is 2.58. The Hall–Kier alpha value is -2.55. The SMILES string of the molecule is COc1cc2cc(c1Cl)N(C)C(=O)CC[C@]1(C)O[C@H]1[C@H](C)C1C[C@](O)(C/C=C/C=C(\C)C2)NC(=O)O1. The highest BCUT2D eigenvalue weighted by molar-refractivity contribution is 6.35. The lowest BCUT2D eigenvalue weighted by Gasteiger charge is -2.38. The van der Waals surface area contributed by atoms with Gasteiger partial charge in [-0.25, -0.2) is 4.79 Å². The van der Waals surface area contributed by atoms with E-state index in [1.54, 1.807) is 19.1 Å². The molecule has 1 unspecified atom stereocenters. The Kier molecular flexibility index (Phi) is 7.42. The molecule has 1 aromatic rings. The molecule has 0 aliphatic carbocycles. The molecule has 2 amide bonds. The van der Waals surface area contributed by atoms with E-state index in [0.717, 1.165) is 11.1 Å². The summed E-state index contributed by atoms with van der Waals surface area (Å²) in [5, 5.41) is 14.0. The highest BCUT2D eigenvalue weighted by Crippen LogP contribution is 2.47. The highest BCUT2D eigenvalue weighted by atomic mass is 35.5. The molecule has 2 N–H and O–H groups in total. The number of fused-ring (bicyclic) bond motifs is 5. The molecular formula is C27H35ClN2O6. The van der Waals surface area contributed by atoms with Crippen LogP contribution in [0.2, 0.25) is 5.02 Å². The van der Waals surface area contributed by atoms with Crippen LogP contribution in [-0.4, -0.2) is 54.8 Å². The lowest BCUT2D eigenvalue weighted by atomic mass is 9.85. The maximum atomic E-state index is 13.2. The fraction of sp³-hybridized carbons (Fsp3) is 0.556. The zero-order valence-corrected chi connectivity index (χ0v) is 22.2. The van der Waals surface area contributed by atoms with Gasteiger partial charge in [0, 0.05) is 32.2 Å². The predicted molar refractivity (Wildman–Crippen MR) is 137 cm³/mol. The summed E-state index contributed by atoms with van der Waals surface area (Å²) in [7, 11) is 3.27. The number of ether oxygens (including phenoxy) is 3. The molecule has 9 heteroatoms. The van der Waals surface area contributed by atoms with Crippen molar-refractivity contribution in [1.82, 2.24) is 5.32 Å². The summed E-state index contributed by atoms with van der Waals surface area (Å²) in [5.74, 6) is 0.272. The molecule has 4 bridgehead atoms. The normalized spacial score (nSPS) is 35.6. The van der Waals surface area contributed by atoms with Gasteiger partial charge >= 0.3 is 6.09 Å². The lowest BCUT2D eigenvalue weighted by molar-refractivity contribution is -0.118. The molecule has 2 fully saturated rings. The first kappa shape index (κ1) is 26.5. The van der Waals surface area contributed by atoms with Crippen LogP contribution in [0.15, 0.2) is 35.9 Å². The van der Waals surface area contributed by atoms with Crippen molar-refractivity contribution in [3.8, 4) is 5.75 Å². The number of rotatable bonds is 1. The van der Waals surface area contributed by atoms with E-state index in [2.05, 4.69) is 5.32 Å². The Balaban J connectivity index is 1.66. The summed E-state index contributed by atoms with van der Waals surface area (Å²) in [5.41, 5.74) is 0.692. The number of nitrogens with one attached hydrogen (secondary N) is 1. The number of carbonyl (C=O) groups excluding carboxylic acids is 2. The standard InChI is InChI=1S/C27H35ClN2O6/c1-16-8-6-7-10-27(33)15-21(35-25(32)29-27)17(2)24-26(3,36-24)11-9-22(31)30(4)19-13-18(12-16)14-20(34-5)23(19)28/h6-8,13-14,17,21,24,33H,9-12,15H2,1-5H3,(H,29,32)/b7-6+,16-8+/t17-,21?,24+,26+,27-/m1/s1. The van der Waals surface area contributed by atoms with Crippen molar-refractivity contribution in [1.29, 1.82) is 0 Å². The number of nitrogens with zero attached hydrogens (tertiary/aromatic N) is 1. The van der Waals surface area contributed by atoms with Crippen LogP contribution >= 0.6 is 11.6 Å². The largest absolute Gasteiger partial charge is 0.495 e. The second-order valence-electron chi connectivity index (χ2n) is 10.4. The van der Waals surface area contributed by atoms with Crippen molar-refractivity contribution in [3.05, 3.63) is 46.5 Å². The van der Waals surface area contributed by atoms with Gasteiger partial charge < -0.3 is 24.2 Å². The zero-order chi connectivity index (χ0) is 26.3. The van der Waals surface area contributed by atoms with Crippen LogP contribution in [0.5, 0.6) is 5.75 Å². The van der Waals surface area contributed by atoms with E-state index in [1.807, 2.05) is 51.1 Å². The van der Waals surface area contributed by atoms with Crippen molar-refractivity contribution in [2.75, 3.05) is 19.1 Å². The summed E-state index contributed by atoms with van der Waals surface area (Å²) < 4.78 is 17.0. The Morgan fingerprint density at radius 1 is 1.31 bits per heavy atom. The van der Waals surface area contributed by atoms with Crippen molar-refractivity contribution >= 4 is 29.3 Å². The van der Waals surface area contributed by atoms with Gasteiger partial charge in [-0.15, -0.1) is 0 Å². The fourth-order valence-corrected chi connectivity index (χ4v) is 5.51. The van der Waals surface area contributed by atoms with Crippen molar-refractivity contribution < 1.29 is 28.9 Å². The number of hydrogen-bond donors (Lipinski definition) is 2. The number of aliphatic hydroxyl groups is 1. The van der Waals surface area contributed by atoms with Gasteiger partial charge in [-0.3, -0.25) is 10.1 Å². The van der Waals surface area contributed by atoms with Crippen molar-refractivity contribution in [3.63, 3.8) is 0 Å². The van der Waals surface area contributed by atoms with Gasteiger partial charge in [0.25, 0.3) is 0 Å². The average Bonchev–Trinajstić information content (AvgIpc) is 3.50. The molecule has 0 spiro atoms. The van der Waals surface area contributed by atoms with Crippen molar-refractivity contribution in [2.24, 2.45) is 5.92 Å². The monoisotopic (exact) mass is 518 g/mol.